The Balaban J connectivity index is 1.73. The van der Waals surface area contributed by atoms with Crippen LogP contribution < -0.4 is 21.7 Å². The third-order valence-corrected chi connectivity index (χ3v) is 5.26. The molecule has 0 aliphatic carbocycles. The molecule has 1 aromatic heterocycles. The van der Waals surface area contributed by atoms with Gasteiger partial charge >= 0.3 is 0 Å². The summed E-state index contributed by atoms with van der Waals surface area (Å²) in [5.41, 5.74) is 4.24. The second kappa shape index (κ2) is 10.5. The number of fused-ring (bicyclic) bond motifs is 1. The quantitative estimate of drug-likeness (QED) is 0.395. The van der Waals surface area contributed by atoms with E-state index in [0.717, 1.165) is 0 Å². The van der Waals surface area contributed by atoms with Crippen LogP contribution in [0.2, 0.25) is 10.0 Å². The Kier molecular flexibility index (Phi) is 7.67. The van der Waals surface area contributed by atoms with Gasteiger partial charge in [-0.15, -0.1) is 0 Å². The van der Waals surface area contributed by atoms with Gasteiger partial charge in [-0.3, -0.25) is 30.0 Å². The molecular formula is C22H21Cl2N5O4. The van der Waals surface area contributed by atoms with Crippen LogP contribution in [0.5, 0.6) is 0 Å². The van der Waals surface area contributed by atoms with Crippen LogP contribution in [0, 0.1) is 5.92 Å². The minimum Gasteiger partial charge on any atom is -0.340 e. The highest BCUT2D eigenvalue weighted by Crippen LogP contribution is 2.21. The Labute approximate surface area is 198 Å². The summed E-state index contributed by atoms with van der Waals surface area (Å²) in [4.78, 5) is 49.9. The first-order valence-corrected chi connectivity index (χ1v) is 10.8. The smallest absolute Gasteiger partial charge is 0.290 e. The Morgan fingerprint density at radius 2 is 1.70 bits per heavy atom. The maximum atomic E-state index is 12.8. The number of nitrogens with one attached hydrogen (secondary N) is 4. The molecule has 33 heavy (non-hydrogen) atoms. The Morgan fingerprint density at radius 1 is 1.00 bits per heavy atom. The van der Waals surface area contributed by atoms with Gasteiger partial charge in [0.15, 0.2) is 5.69 Å². The largest absolute Gasteiger partial charge is 0.340 e. The number of aromatic amines is 1. The highest BCUT2D eigenvalue weighted by Gasteiger charge is 2.24. The molecule has 11 heteroatoms. The molecule has 0 radical (unpaired) electrons. The number of H-pyrrole nitrogens is 1. The molecule has 172 valence electrons. The Morgan fingerprint density at radius 3 is 2.36 bits per heavy atom. The summed E-state index contributed by atoms with van der Waals surface area (Å²) in [6.07, 6.45) is 0.304. The molecule has 0 bridgehead atoms. The van der Waals surface area contributed by atoms with Gasteiger partial charge in [-0.25, -0.2) is 5.10 Å². The number of hydrogen-bond donors (Lipinski definition) is 4. The van der Waals surface area contributed by atoms with E-state index in [-0.39, 0.29) is 27.6 Å². The molecule has 1 unspecified atom stereocenters. The summed E-state index contributed by atoms with van der Waals surface area (Å²) >= 11 is 12.0. The predicted octanol–water partition coefficient (Wildman–Crippen LogP) is 2.84. The number of carbonyl (C=O) groups is 3. The highest BCUT2D eigenvalue weighted by molar-refractivity contribution is 6.36. The summed E-state index contributed by atoms with van der Waals surface area (Å²) < 4.78 is 0. The third kappa shape index (κ3) is 5.88. The first kappa shape index (κ1) is 24.2. The number of benzene rings is 2. The summed E-state index contributed by atoms with van der Waals surface area (Å²) in [5, 5.41) is 9.81. The molecule has 0 aliphatic rings. The lowest BCUT2D eigenvalue weighted by Gasteiger charge is -2.20. The normalized spacial score (nSPS) is 11.8. The van der Waals surface area contributed by atoms with Crippen molar-refractivity contribution in [2.24, 2.45) is 5.92 Å². The summed E-state index contributed by atoms with van der Waals surface area (Å²) in [7, 11) is 0. The van der Waals surface area contributed by atoms with Gasteiger partial charge in [-0.05, 0) is 36.6 Å². The van der Waals surface area contributed by atoms with E-state index < -0.39 is 29.3 Å². The van der Waals surface area contributed by atoms with Crippen molar-refractivity contribution < 1.29 is 14.4 Å². The standard InChI is InChI=1S/C22H21Cl2N5O4/c1-11(2)9-17(25-19(30)15-8-7-12(23)10-16(15)24)21(32)28-29-22(33)18-13-5-3-4-6-14(13)20(31)27-26-18/h3-8,10-11,17H,9H2,1-2H3,(H,25,30)(H,27,31)(H,28,32)(H,29,33). The van der Waals surface area contributed by atoms with Crippen molar-refractivity contribution in [2.45, 2.75) is 26.3 Å². The topological polar surface area (TPSA) is 133 Å². The van der Waals surface area contributed by atoms with Crippen molar-refractivity contribution in [2.75, 3.05) is 0 Å². The van der Waals surface area contributed by atoms with Crippen molar-refractivity contribution >= 4 is 51.7 Å². The van der Waals surface area contributed by atoms with Gasteiger partial charge < -0.3 is 5.32 Å². The van der Waals surface area contributed by atoms with Gasteiger partial charge in [-0.1, -0.05) is 55.2 Å². The SMILES string of the molecule is CC(C)CC(NC(=O)c1ccc(Cl)cc1Cl)C(=O)NNC(=O)c1n[nH]c(=O)c2ccccc12. The number of rotatable bonds is 6. The summed E-state index contributed by atoms with van der Waals surface area (Å²) in [6, 6.07) is 9.90. The van der Waals surface area contributed by atoms with E-state index in [1.807, 2.05) is 13.8 Å². The van der Waals surface area contributed by atoms with Crippen molar-refractivity contribution in [1.29, 1.82) is 0 Å². The number of halogens is 2. The zero-order valence-corrected chi connectivity index (χ0v) is 19.3. The molecule has 0 aliphatic heterocycles. The van der Waals surface area contributed by atoms with Crippen LogP contribution in [0.25, 0.3) is 10.8 Å². The van der Waals surface area contributed by atoms with Gasteiger partial charge in [0.2, 0.25) is 0 Å². The zero-order chi connectivity index (χ0) is 24.1. The summed E-state index contributed by atoms with van der Waals surface area (Å²) in [6.45, 7) is 3.77. The number of amides is 3. The van der Waals surface area contributed by atoms with Gasteiger partial charge in [0.05, 0.1) is 16.0 Å². The monoisotopic (exact) mass is 489 g/mol. The fourth-order valence-electron chi connectivity index (χ4n) is 3.17. The number of aromatic nitrogens is 2. The number of hydrazine groups is 1. The predicted molar refractivity (Wildman–Crippen MR) is 125 cm³/mol. The molecule has 0 saturated carbocycles. The van der Waals surface area contributed by atoms with Gasteiger partial charge in [0.25, 0.3) is 23.3 Å². The fourth-order valence-corrected chi connectivity index (χ4v) is 3.66. The van der Waals surface area contributed by atoms with E-state index in [0.29, 0.717) is 16.8 Å². The van der Waals surface area contributed by atoms with Crippen molar-refractivity contribution in [1.82, 2.24) is 26.4 Å². The van der Waals surface area contributed by atoms with Crippen molar-refractivity contribution in [3.05, 3.63) is 74.1 Å². The first-order chi connectivity index (χ1) is 15.7. The molecule has 0 fully saturated rings. The van der Waals surface area contributed by atoms with Gasteiger partial charge in [0.1, 0.15) is 6.04 Å². The second-order valence-corrected chi connectivity index (χ2v) is 8.51. The molecule has 0 saturated heterocycles. The minimum absolute atomic E-state index is 0.0576. The summed E-state index contributed by atoms with van der Waals surface area (Å²) in [5.74, 6) is -1.87. The lowest BCUT2D eigenvalue weighted by Crippen LogP contribution is -2.53. The van der Waals surface area contributed by atoms with Gasteiger partial charge in [0, 0.05) is 10.4 Å². The molecule has 3 rings (SSSR count). The van der Waals surface area contributed by atoms with Crippen molar-refractivity contribution in [3.8, 4) is 0 Å². The minimum atomic E-state index is -0.954. The molecule has 3 aromatic rings. The van der Waals surface area contributed by atoms with Gasteiger partial charge in [-0.2, -0.15) is 5.10 Å². The van der Waals surface area contributed by atoms with Crippen LogP contribution in [0.4, 0.5) is 0 Å². The Hall–Kier alpha value is -3.43. The van der Waals surface area contributed by atoms with Crippen LogP contribution in [0.15, 0.2) is 47.3 Å². The van der Waals surface area contributed by atoms with E-state index in [1.54, 1.807) is 24.3 Å². The van der Waals surface area contributed by atoms with Crippen LogP contribution >= 0.6 is 23.2 Å². The van der Waals surface area contributed by atoms with E-state index in [1.165, 1.54) is 18.2 Å². The molecular weight excluding hydrogens is 469 g/mol. The molecule has 4 N–H and O–H groups in total. The fraction of sp³-hybridized carbons (Fsp3) is 0.227. The zero-order valence-electron chi connectivity index (χ0n) is 17.7. The van der Waals surface area contributed by atoms with E-state index in [4.69, 9.17) is 23.2 Å². The van der Waals surface area contributed by atoms with E-state index in [9.17, 15) is 19.2 Å². The van der Waals surface area contributed by atoms with Crippen molar-refractivity contribution in [3.63, 3.8) is 0 Å². The maximum Gasteiger partial charge on any atom is 0.290 e. The van der Waals surface area contributed by atoms with E-state index in [2.05, 4.69) is 26.4 Å². The Bertz CT molecular complexity index is 1280. The average molecular weight is 490 g/mol. The van der Waals surface area contributed by atoms with Crippen LogP contribution in [-0.2, 0) is 4.79 Å². The third-order valence-electron chi connectivity index (χ3n) is 4.72. The number of carbonyl (C=O) groups excluding carboxylic acids is 3. The first-order valence-electron chi connectivity index (χ1n) is 10.0. The second-order valence-electron chi connectivity index (χ2n) is 7.67. The van der Waals surface area contributed by atoms with Crippen LogP contribution in [-0.4, -0.2) is 34.0 Å². The average Bonchev–Trinajstić information content (AvgIpc) is 2.76. The number of nitrogens with zero attached hydrogens (tertiary/aromatic N) is 1. The highest BCUT2D eigenvalue weighted by atomic mass is 35.5. The molecule has 9 nitrogen and oxygen atoms in total. The molecule has 1 atom stereocenters. The number of hydrogen-bond acceptors (Lipinski definition) is 5. The van der Waals surface area contributed by atoms with Crippen LogP contribution in [0.1, 0.15) is 41.1 Å². The molecule has 0 spiro atoms. The maximum absolute atomic E-state index is 12.8. The molecule has 2 aromatic carbocycles. The lowest BCUT2D eigenvalue weighted by atomic mass is 10.0. The molecule has 3 amide bonds. The van der Waals surface area contributed by atoms with E-state index >= 15 is 0 Å². The van der Waals surface area contributed by atoms with Crippen LogP contribution in [0.3, 0.4) is 0 Å². The lowest BCUT2D eigenvalue weighted by molar-refractivity contribution is -0.124. The molecule has 1 heterocycles.